The maximum absolute atomic E-state index is 13.9. The van der Waals surface area contributed by atoms with Crippen LogP contribution in [0.4, 0.5) is 8.78 Å². The Labute approximate surface area is 188 Å². The van der Waals surface area contributed by atoms with Gasteiger partial charge in [0.15, 0.2) is 0 Å². The quantitative estimate of drug-likeness (QED) is 0.369. The number of methoxy groups -OCH3 is 1. The molecule has 5 rings (SSSR count). The highest BCUT2D eigenvalue weighted by Crippen LogP contribution is 2.35. The van der Waals surface area contributed by atoms with E-state index in [2.05, 4.69) is 0 Å². The Morgan fingerprint density at radius 3 is 2.24 bits per heavy atom. The Balaban J connectivity index is 1.77. The molecule has 0 saturated heterocycles. The van der Waals surface area contributed by atoms with E-state index in [1.807, 2.05) is 53.1 Å². The van der Waals surface area contributed by atoms with Crippen molar-refractivity contribution in [1.82, 2.24) is 4.57 Å². The molecule has 0 aliphatic rings. The van der Waals surface area contributed by atoms with E-state index in [0.717, 1.165) is 44.7 Å². The first-order chi connectivity index (χ1) is 15.9. The molecule has 2 N–H and O–H groups in total. The molecule has 1 aromatic heterocycles. The van der Waals surface area contributed by atoms with E-state index >= 15 is 0 Å². The zero-order valence-electron chi connectivity index (χ0n) is 17.8. The van der Waals surface area contributed by atoms with Gasteiger partial charge in [0.2, 0.25) is 5.91 Å². The highest BCUT2D eigenvalue weighted by Gasteiger charge is 2.17. The van der Waals surface area contributed by atoms with Crippen LogP contribution in [0, 0.1) is 11.6 Å². The second kappa shape index (κ2) is 8.06. The maximum Gasteiger partial charge on any atom is 0.249 e. The highest BCUT2D eigenvalue weighted by atomic mass is 19.1. The number of primary amides is 1. The second-order valence-corrected chi connectivity index (χ2v) is 7.89. The van der Waals surface area contributed by atoms with Gasteiger partial charge in [-0.05, 0) is 59.2 Å². The first-order valence-corrected chi connectivity index (χ1v) is 10.4. The molecule has 6 heteroatoms. The molecular weight excluding hydrogens is 422 g/mol. The van der Waals surface area contributed by atoms with Crippen LogP contribution in [0.25, 0.3) is 32.9 Å². The molecule has 0 bridgehead atoms. The number of carbonyl (C=O) groups is 1. The van der Waals surface area contributed by atoms with Crippen molar-refractivity contribution in [2.45, 2.75) is 6.54 Å². The molecular formula is C27H20F2N2O2. The summed E-state index contributed by atoms with van der Waals surface area (Å²) in [7, 11) is 1.62. The third-order valence-corrected chi connectivity index (χ3v) is 5.84. The largest absolute Gasteiger partial charge is 0.497 e. The summed E-state index contributed by atoms with van der Waals surface area (Å²) in [6.07, 6.45) is 0. The number of rotatable bonds is 5. The number of benzene rings is 4. The monoisotopic (exact) mass is 442 g/mol. The fraction of sp³-hybridized carbons (Fsp3) is 0.0741. The van der Waals surface area contributed by atoms with Gasteiger partial charge in [-0.1, -0.05) is 30.3 Å². The Bertz CT molecular complexity index is 1500. The predicted octanol–water partition coefficient (Wildman–Crippen LogP) is 5.90. The summed E-state index contributed by atoms with van der Waals surface area (Å²) < 4.78 is 35.0. The van der Waals surface area contributed by atoms with Gasteiger partial charge >= 0.3 is 0 Å². The minimum absolute atomic E-state index is 0.225. The number of hydrogen-bond acceptors (Lipinski definition) is 2. The molecule has 0 spiro atoms. The first kappa shape index (κ1) is 20.7. The molecule has 0 aliphatic carbocycles. The summed E-state index contributed by atoms with van der Waals surface area (Å²) in [6.45, 7) is 0.225. The molecule has 164 valence electrons. The van der Waals surface area contributed by atoms with E-state index in [1.54, 1.807) is 19.2 Å². The van der Waals surface area contributed by atoms with Crippen LogP contribution in [-0.4, -0.2) is 17.6 Å². The minimum Gasteiger partial charge on any atom is -0.497 e. The topological polar surface area (TPSA) is 57.2 Å². The summed E-state index contributed by atoms with van der Waals surface area (Å²) in [5.74, 6) is -1.05. The van der Waals surface area contributed by atoms with E-state index in [9.17, 15) is 13.6 Å². The standard InChI is InChI=1S/C27H20F2N2O2/c1-33-21-8-5-17(6-9-21)18-7-10-22-25(13-18)31(15-16-11-19(28)14-20(29)12-16)24-4-2-3-23(26(22)24)27(30)32/h2-14H,15H2,1H3,(H2,30,32). The SMILES string of the molecule is COc1ccc(-c2ccc3c4c(C(N)=O)cccc4n(Cc4cc(F)cc(F)c4)c3c2)cc1. The number of nitrogens with zero attached hydrogens (tertiary/aromatic N) is 1. The Hall–Kier alpha value is -4.19. The fourth-order valence-corrected chi connectivity index (χ4v) is 4.37. The summed E-state index contributed by atoms with van der Waals surface area (Å²) in [5, 5.41) is 1.56. The van der Waals surface area contributed by atoms with Crippen LogP contribution >= 0.6 is 0 Å². The average Bonchev–Trinajstić information content (AvgIpc) is 3.11. The molecule has 1 heterocycles. The third kappa shape index (κ3) is 3.69. The third-order valence-electron chi connectivity index (χ3n) is 5.84. The fourth-order valence-electron chi connectivity index (χ4n) is 4.37. The number of hydrogen-bond donors (Lipinski definition) is 1. The second-order valence-electron chi connectivity index (χ2n) is 7.89. The molecule has 5 aromatic rings. The van der Waals surface area contributed by atoms with Gasteiger partial charge in [0.25, 0.3) is 0 Å². The Kier molecular flexibility index (Phi) is 5.05. The van der Waals surface area contributed by atoms with Gasteiger partial charge in [-0.3, -0.25) is 4.79 Å². The van der Waals surface area contributed by atoms with Crippen molar-refractivity contribution >= 4 is 27.7 Å². The number of halogens is 2. The van der Waals surface area contributed by atoms with Gasteiger partial charge in [-0.2, -0.15) is 0 Å². The van der Waals surface area contributed by atoms with Gasteiger partial charge in [0.05, 0.1) is 18.1 Å². The molecule has 0 unspecified atom stereocenters. The average molecular weight is 442 g/mol. The van der Waals surface area contributed by atoms with E-state index in [0.29, 0.717) is 11.1 Å². The minimum atomic E-state index is -0.637. The lowest BCUT2D eigenvalue weighted by atomic mass is 10.0. The van der Waals surface area contributed by atoms with E-state index in [1.165, 1.54) is 12.1 Å². The number of aromatic nitrogens is 1. The molecule has 0 saturated carbocycles. The summed E-state index contributed by atoms with van der Waals surface area (Å²) >= 11 is 0. The summed E-state index contributed by atoms with van der Waals surface area (Å²) in [5.41, 5.74) is 10.1. The molecule has 1 amide bonds. The van der Waals surface area contributed by atoms with E-state index in [-0.39, 0.29) is 6.54 Å². The predicted molar refractivity (Wildman–Crippen MR) is 125 cm³/mol. The van der Waals surface area contributed by atoms with Crippen molar-refractivity contribution in [2.24, 2.45) is 5.73 Å². The van der Waals surface area contributed by atoms with Crippen molar-refractivity contribution in [3.8, 4) is 16.9 Å². The normalized spacial score (nSPS) is 11.2. The molecule has 0 fully saturated rings. The van der Waals surface area contributed by atoms with Crippen LogP contribution in [0.3, 0.4) is 0 Å². The summed E-state index contributed by atoms with van der Waals surface area (Å²) in [4.78, 5) is 12.2. The van der Waals surface area contributed by atoms with Crippen molar-refractivity contribution in [2.75, 3.05) is 7.11 Å². The number of nitrogens with two attached hydrogens (primary N) is 1. The number of fused-ring (bicyclic) bond motifs is 3. The van der Waals surface area contributed by atoms with Crippen molar-refractivity contribution < 1.29 is 18.3 Å². The number of amides is 1. The van der Waals surface area contributed by atoms with Gasteiger partial charge in [-0.15, -0.1) is 0 Å². The lowest BCUT2D eigenvalue weighted by Gasteiger charge is -2.10. The number of ether oxygens (including phenoxy) is 1. The van der Waals surface area contributed by atoms with E-state index < -0.39 is 17.5 Å². The lowest BCUT2D eigenvalue weighted by molar-refractivity contribution is 0.100. The van der Waals surface area contributed by atoms with Crippen molar-refractivity contribution in [3.05, 3.63) is 102 Å². The van der Waals surface area contributed by atoms with Gasteiger partial charge in [0, 0.05) is 28.9 Å². The van der Waals surface area contributed by atoms with E-state index in [4.69, 9.17) is 10.5 Å². The molecule has 33 heavy (non-hydrogen) atoms. The Morgan fingerprint density at radius 1 is 0.879 bits per heavy atom. The van der Waals surface area contributed by atoms with Gasteiger partial charge in [-0.25, -0.2) is 8.78 Å². The maximum atomic E-state index is 13.9. The highest BCUT2D eigenvalue weighted by molar-refractivity contribution is 6.18. The smallest absolute Gasteiger partial charge is 0.249 e. The zero-order valence-corrected chi connectivity index (χ0v) is 17.8. The zero-order chi connectivity index (χ0) is 23.1. The van der Waals surface area contributed by atoms with Crippen LogP contribution in [-0.2, 0) is 6.54 Å². The molecule has 0 radical (unpaired) electrons. The van der Waals surface area contributed by atoms with Crippen LogP contribution in [0.5, 0.6) is 5.75 Å². The van der Waals surface area contributed by atoms with Crippen LogP contribution < -0.4 is 10.5 Å². The Morgan fingerprint density at radius 2 is 1.58 bits per heavy atom. The molecule has 0 atom stereocenters. The number of carbonyl (C=O) groups excluding carboxylic acids is 1. The van der Waals surface area contributed by atoms with Gasteiger partial charge < -0.3 is 15.0 Å². The molecule has 4 aromatic carbocycles. The molecule has 4 nitrogen and oxygen atoms in total. The van der Waals surface area contributed by atoms with Crippen LogP contribution in [0.1, 0.15) is 15.9 Å². The van der Waals surface area contributed by atoms with Crippen LogP contribution in [0.15, 0.2) is 78.9 Å². The van der Waals surface area contributed by atoms with Gasteiger partial charge in [0.1, 0.15) is 17.4 Å². The van der Waals surface area contributed by atoms with Crippen molar-refractivity contribution in [1.29, 1.82) is 0 Å². The van der Waals surface area contributed by atoms with Crippen molar-refractivity contribution in [3.63, 3.8) is 0 Å². The summed E-state index contributed by atoms with van der Waals surface area (Å²) in [6, 6.07) is 22.4. The lowest BCUT2D eigenvalue weighted by Crippen LogP contribution is -2.11. The first-order valence-electron chi connectivity index (χ1n) is 10.4. The van der Waals surface area contributed by atoms with Crippen LogP contribution in [0.2, 0.25) is 0 Å². The molecule has 0 aliphatic heterocycles.